The van der Waals surface area contributed by atoms with Gasteiger partial charge in [0, 0.05) is 10.6 Å². The van der Waals surface area contributed by atoms with E-state index in [2.05, 4.69) is 14.5 Å². The summed E-state index contributed by atoms with van der Waals surface area (Å²) in [5.41, 5.74) is 0.469. The quantitative estimate of drug-likeness (QED) is 0.358. The van der Waals surface area contributed by atoms with Gasteiger partial charge in [-0.25, -0.2) is 0 Å². The number of nitrogens with zero attached hydrogens (tertiary/aromatic N) is 3. The van der Waals surface area contributed by atoms with Crippen molar-refractivity contribution in [1.82, 2.24) is 0 Å². The van der Waals surface area contributed by atoms with Crippen molar-refractivity contribution in [1.29, 1.82) is 0 Å². The zero-order chi connectivity index (χ0) is 19.1. The zero-order valence-electron chi connectivity index (χ0n) is 12.7. The minimum atomic E-state index is -1.05. The lowest BCUT2D eigenvalue weighted by Crippen LogP contribution is -2.06. The molecule has 136 valence electrons. The molecule has 2 aromatic rings. The van der Waals surface area contributed by atoms with Crippen molar-refractivity contribution in [2.24, 2.45) is 0 Å². The minimum absolute atomic E-state index is 0.0578. The van der Waals surface area contributed by atoms with Crippen LogP contribution in [-0.2, 0) is 5.75 Å². The molecule has 0 bridgehead atoms. The fraction of sp³-hybridized carbons (Fsp3) is 0.0769. The van der Waals surface area contributed by atoms with Gasteiger partial charge < -0.3 is 0 Å². The number of hydrogen-bond acceptors (Lipinski definition) is 10. The molecule has 0 unspecified atom stereocenters. The van der Waals surface area contributed by atoms with Gasteiger partial charge in [0.2, 0.25) is 0 Å². The molecule has 0 spiro atoms. The Hall–Kier alpha value is -3.61. The molecule has 13 heteroatoms. The van der Waals surface area contributed by atoms with Gasteiger partial charge in [0.05, 0.1) is 0 Å². The Morgan fingerprint density at radius 1 is 0.731 bits per heavy atom. The molecular formula is C13H9N3O9S. The summed E-state index contributed by atoms with van der Waals surface area (Å²) in [5, 5.41) is 28.1. The smallest absolute Gasteiger partial charge is 0.276 e. The maximum absolute atomic E-state index is 10.4. The Kier molecular flexibility index (Phi) is 6.10. The average Bonchev–Trinajstić information content (AvgIpc) is 2.52. The highest BCUT2D eigenvalue weighted by atomic mass is 32.2. The van der Waals surface area contributed by atoms with Gasteiger partial charge in [-0.1, -0.05) is 0 Å². The lowest BCUT2D eigenvalue weighted by molar-refractivity contribution is -0.713. The lowest BCUT2D eigenvalue weighted by atomic mass is 10.2. The molecule has 0 N–H and O–H groups in total. The van der Waals surface area contributed by atoms with Gasteiger partial charge in [-0.05, 0) is 48.0 Å². The average molecular weight is 383 g/mol. The minimum Gasteiger partial charge on any atom is -0.276 e. The third kappa shape index (κ3) is 6.12. The van der Waals surface area contributed by atoms with Gasteiger partial charge in [0.15, 0.2) is 0 Å². The maximum atomic E-state index is 10.4. The predicted octanol–water partition coefficient (Wildman–Crippen LogP) is 2.69. The molecule has 0 heterocycles. The van der Waals surface area contributed by atoms with Crippen LogP contribution in [0.1, 0.15) is 5.56 Å². The summed E-state index contributed by atoms with van der Waals surface area (Å²) in [4.78, 5) is 44.8. The molecule has 0 aliphatic carbocycles. The molecule has 0 aliphatic rings. The second-order valence-corrected chi connectivity index (χ2v) is 5.57. The third-order valence-corrected chi connectivity index (χ3v) is 3.79. The molecule has 0 saturated heterocycles. The van der Waals surface area contributed by atoms with E-state index in [4.69, 9.17) is 0 Å². The van der Waals surface area contributed by atoms with E-state index in [0.717, 1.165) is 11.0 Å². The lowest BCUT2D eigenvalue weighted by Gasteiger charge is -2.08. The Morgan fingerprint density at radius 3 is 1.65 bits per heavy atom. The SMILES string of the molecule is O=[N+]([O-])Oc1ccc(SCc2cc(O[N+](=O)[O-])cc(O[N+](=O)[O-])c2)cc1. The largest absolute Gasteiger partial charge is 0.299 e. The molecule has 0 aliphatic heterocycles. The Morgan fingerprint density at radius 2 is 1.19 bits per heavy atom. The summed E-state index contributed by atoms with van der Waals surface area (Å²) in [6, 6.07) is 9.66. The van der Waals surface area contributed by atoms with Gasteiger partial charge in [0.1, 0.15) is 17.2 Å². The fourth-order valence-electron chi connectivity index (χ4n) is 1.84. The first-order valence-corrected chi connectivity index (χ1v) is 7.64. The first-order valence-electron chi connectivity index (χ1n) is 6.66. The number of rotatable bonds is 9. The fourth-order valence-corrected chi connectivity index (χ4v) is 2.67. The Bertz CT molecular complexity index is 794. The van der Waals surface area contributed by atoms with E-state index in [-0.39, 0.29) is 23.0 Å². The van der Waals surface area contributed by atoms with Crippen molar-refractivity contribution < 1.29 is 29.8 Å². The molecule has 0 amide bonds. The Labute approximate surface area is 148 Å². The molecule has 26 heavy (non-hydrogen) atoms. The summed E-state index contributed by atoms with van der Waals surface area (Å²) in [7, 11) is 0. The van der Waals surface area contributed by atoms with E-state index in [1.807, 2.05) is 0 Å². The summed E-state index contributed by atoms with van der Waals surface area (Å²) >= 11 is 1.28. The van der Waals surface area contributed by atoms with Crippen LogP contribution in [0, 0.1) is 30.3 Å². The van der Waals surface area contributed by atoms with Crippen molar-refractivity contribution in [2.75, 3.05) is 0 Å². The van der Waals surface area contributed by atoms with Gasteiger partial charge in [0.25, 0.3) is 15.3 Å². The Balaban J connectivity index is 2.10. The molecule has 12 nitrogen and oxygen atoms in total. The number of hydrogen-bond donors (Lipinski definition) is 0. The second-order valence-electron chi connectivity index (χ2n) is 4.52. The van der Waals surface area contributed by atoms with Crippen LogP contribution in [0.5, 0.6) is 17.2 Å². The van der Waals surface area contributed by atoms with Gasteiger partial charge >= 0.3 is 0 Å². The highest BCUT2D eigenvalue weighted by Crippen LogP contribution is 2.29. The van der Waals surface area contributed by atoms with Crippen LogP contribution < -0.4 is 14.5 Å². The third-order valence-electron chi connectivity index (χ3n) is 2.71. The summed E-state index contributed by atoms with van der Waals surface area (Å²) < 4.78 is 0. The molecule has 0 saturated carbocycles. The highest BCUT2D eigenvalue weighted by Gasteiger charge is 2.09. The molecule has 0 aromatic heterocycles. The van der Waals surface area contributed by atoms with Crippen LogP contribution in [0.4, 0.5) is 0 Å². The maximum Gasteiger partial charge on any atom is 0.299 e. The van der Waals surface area contributed by atoms with Crippen molar-refractivity contribution in [3.8, 4) is 17.2 Å². The molecular weight excluding hydrogens is 374 g/mol. The van der Waals surface area contributed by atoms with Gasteiger partial charge in [-0.2, -0.15) is 0 Å². The van der Waals surface area contributed by atoms with Crippen molar-refractivity contribution in [3.63, 3.8) is 0 Å². The van der Waals surface area contributed by atoms with E-state index in [0.29, 0.717) is 5.56 Å². The topological polar surface area (TPSA) is 157 Å². The molecule has 0 atom stereocenters. The van der Waals surface area contributed by atoms with Gasteiger partial charge in [-0.15, -0.1) is 42.1 Å². The van der Waals surface area contributed by atoms with E-state index >= 15 is 0 Å². The van der Waals surface area contributed by atoms with E-state index in [1.54, 1.807) is 12.1 Å². The molecule has 0 fully saturated rings. The summed E-state index contributed by atoms with van der Waals surface area (Å²) in [5.74, 6) is -0.111. The predicted molar refractivity (Wildman–Crippen MR) is 85.3 cm³/mol. The van der Waals surface area contributed by atoms with Crippen LogP contribution in [-0.4, -0.2) is 15.3 Å². The number of thioether (sulfide) groups is 1. The standard InChI is InChI=1S/C13H9N3O9S/c17-14(18)23-10-1-3-13(4-2-10)26-8-9-5-11(24-15(19)20)7-12(6-9)25-16(21)22/h1-7H,8H2. The van der Waals surface area contributed by atoms with Crippen LogP contribution >= 0.6 is 11.8 Å². The molecule has 2 aromatic carbocycles. The molecule has 0 radical (unpaired) electrons. The van der Waals surface area contributed by atoms with Crippen LogP contribution in [0.3, 0.4) is 0 Å². The van der Waals surface area contributed by atoms with Crippen LogP contribution in [0.25, 0.3) is 0 Å². The number of benzene rings is 2. The zero-order valence-corrected chi connectivity index (χ0v) is 13.5. The highest BCUT2D eigenvalue weighted by molar-refractivity contribution is 7.98. The summed E-state index contributed by atoms with van der Waals surface area (Å²) in [6.45, 7) is 0. The van der Waals surface area contributed by atoms with Gasteiger partial charge in [-0.3, -0.25) is 14.5 Å². The van der Waals surface area contributed by atoms with Crippen molar-refractivity contribution in [2.45, 2.75) is 10.6 Å². The van der Waals surface area contributed by atoms with Crippen LogP contribution in [0.2, 0.25) is 0 Å². The second kappa shape index (κ2) is 8.48. The summed E-state index contributed by atoms with van der Waals surface area (Å²) in [6.07, 6.45) is 0. The van der Waals surface area contributed by atoms with E-state index < -0.39 is 15.3 Å². The van der Waals surface area contributed by atoms with E-state index in [1.165, 1.54) is 36.0 Å². The van der Waals surface area contributed by atoms with Crippen LogP contribution in [0.15, 0.2) is 47.4 Å². The normalized spacial score (nSPS) is 10.0. The van der Waals surface area contributed by atoms with E-state index in [9.17, 15) is 30.3 Å². The molecule has 2 rings (SSSR count). The van der Waals surface area contributed by atoms with Crippen molar-refractivity contribution in [3.05, 3.63) is 78.4 Å². The monoisotopic (exact) mass is 383 g/mol. The van der Waals surface area contributed by atoms with Crippen molar-refractivity contribution >= 4 is 11.8 Å². The first-order chi connectivity index (χ1) is 12.3. The first kappa shape index (κ1) is 18.7.